The summed E-state index contributed by atoms with van der Waals surface area (Å²) in [6.45, 7) is 1.35. The Balaban J connectivity index is 1.78. The Kier molecular flexibility index (Phi) is 5.78. The Morgan fingerprint density at radius 3 is 2.64 bits per heavy atom. The highest BCUT2D eigenvalue weighted by molar-refractivity contribution is 6.33. The van der Waals surface area contributed by atoms with Crippen molar-refractivity contribution < 1.29 is 9.18 Å². The molecule has 0 aliphatic carbocycles. The second-order valence-corrected chi connectivity index (χ2v) is 5.40. The van der Waals surface area contributed by atoms with Crippen LogP contribution in [0.4, 0.5) is 10.1 Å². The van der Waals surface area contributed by atoms with Gasteiger partial charge in [0.1, 0.15) is 5.82 Å². The summed E-state index contributed by atoms with van der Waals surface area (Å²) < 4.78 is 12.9. The molecule has 0 unspecified atom stereocenters. The molecule has 0 saturated heterocycles. The molecule has 0 aliphatic rings. The van der Waals surface area contributed by atoms with Crippen molar-refractivity contribution in [3.63, 3.8) is 0 Å². The van der Waals surface area contributed by atoms with E-state index in [1.807, 2.05) is 37.4 Å². The Morgan fingerprint density at radius 1 is 1.23 bits per heavy atom. The molecule has 0 bridgehead atoms. The number of amides is 1. The van der Waals surface area contributed by atoms with Gasteiger partial charge >= 0.3 is 0 Å². The third-order valence-electron chi connectivity index (χ3n) is 3.33. The van der Waals surface area contributed by atoms with E-state index >= 15 is 0 Å². The second-order valence-electron chi connectivity index (χ2n) is 4.99. The molecule has 0 atom stereocenters. The zero-order valence-electron chi connectivity index (χ0n) is 12.4. The second kappa shape index (κ2) is 7.80. The first-order valence-electron chi connectivity index (χ1n) is 7.07. The number of nitrogens with zero attached hydrogens (tertiary/aromatic N) is 1. The highest BCUT2D eigenvalue weighted by Gasteiger charge is 2.10. The van der Waals surface area contributed by atoms with Crippen LogP contribution in [0.25, 0.3) is 0 Å². The number of para-hydroxylation sites is 1. The predicted molar refractivity (Wildman–Crippen MR) is 88.1 cm³/mol. The number of hydrogen-bond donors (Lipinski definition) is 1. The average Bonchev–Trinajstić information content (AvgIpc) is 2.52. The molecular formula is C17H18ClFN2O. The molecule has 0 fully saturated rings. The molecule has 116 valence electrons. The third-order valence-corrected chi connectivity index (χ3v) is 3.64. The summed E-state index contributed by atoms with van der Waals surface area (Å²) in [5.41, 5.74) is 1.43. The van der Waals surface area contributed by atoms with E-state index in [9.17, 15) is 9.18 Å². The minimum atomic E-state index is -0.453. The van der Waals surface area contributed by atoms with E-state index in [4.69, 9.17) is 11.6 Å². The van der Waals surface area contributed by atoms with Crippen LogP contribution in [0, 0.1) is 5.82 Å². The number of benzene rings is 2. The van der Waals surface area contributed by atoms with Gasteiger partial charge in [0.05, 0.1) is 10.6 Å². The molecule has 0 aromatic heterocycles. The first-order chi connectivity index (χ1) is 10.6. The van der Waals surface area contributed by atoms with Crippen LogP contribution >= 0.6 is 11.6 Å². The van der Waals surface area contributed by atoms with E-state index in [0.717, 1.165) is 24.7 Å². The van der Waals surface area contributed by atoms with Crippen molar-refractivity contribution in [1.29, 1.82) is 0 Å². The molecule has 1 N–H and O–H groups in total. The zero-order chi connectivity index (χ0) is 15.9. The van der Waals surface area contributed by atoms with Gasteiger partial charge in [-0.15, -0.1) is 0 Å². The van der Waals surface area contributed by atoms with Crippen LogP contribution in [0.3, 0.4) is 0 Å². The topological polar surface area (TPSA) is 32.3 Å². The van der Waals surface area contributed by atoms with Gasteiger partial charge in [0.25, 0.3) is 5.91 Å². The van der Waals surface area contributed by atoms with Crippen molar-refractivity contribution in [2.24, 2.45) is 0 Å². The average molecular weight is 321 g/mol. The lowest BCUT2D eigenvalue weighted by atomic mass is 10.2. The summed E-state index contributed by atoms with van der Waals surface area (Å²) >= 11 is 5.86. The molecule has 0 spiro atoms. The number of rotatable bonds is 6. The molecule has 2 aromatic rings. The number of carbonyl (C=O) groups excluding carboxylic acids is 1. The van der Waals surface area contributed by atoms with Crippen LogP contribution in [0.15, 0.2) is 48.5 Å². The Morgan fingerprint density at radius 2 is 1.95 bits per heavy atom. The Labute approximate surface area is 134 Å². The van der Waals surface area contributed by atoms with Gasteiger partial charge in [0.2, 0.25) is 0 Å². The molecule has 0 saturated carbocycles. The van der Waals surface area contributed by atoms with Gasteiger partial charge in [0, 0.05) is 25.8 Å². The van der Waals surface area contributed by atoms with E-state index in [1.54, 1.807) is 0 Å². The quantitative estimate of drug-likeness (QED) is 0.822. The summed E-state index contributed by atoms with van der Waals surface area (Å²) in [4.78, 5) is 14.1. The Hall–Kier alpha value is -2.07. The largest absolute Gasteiger partial charge is 0.375 e. The first kappa shape index (κ1) is 16.3. The fraction of sp³-hybridized carbons (Fsp3) is 0.235. The van der Waals surface area contributed by atoms with Gasteiger partial charge < -0.3 is 10.2 Å². The maximum atomic E-state index is 12.9. The van der Waals surface area contributed by atoms with Crippen LogP contribution in [0.1, 0.15) is 16.8 Å². The molecule has 22 heavy (non-hydrogen) atoms. The van der Waals surface area contributed by atoms with Gasteiger partial charge in [-0.25, -0.2) is 4.39 Å². The zero-order valence-corrected chi connectivity index (χ0v) is 13.1. The van der Waals surface area contributed by atoms with Gasteiger partial charge in [-0.3, -0.25) is 4.79 Å². The lowest BCUT2D eigenvalue weighted by Crippen LogP contribution is -2.28. The van der Waals surface area contributed by atoms with E-state index in [1.165, 1.54) is 12.1 Å². The van der Waals surface area contributed by atoms with Gasteiger partial charge in [-0.1, -0.05) is 29.8 Å². The van der Waals surface area contributed by atoms with E-state index in [2.05, 4.69) is 10.2 Å². The summed E-state index contributed by atoms with van der Waals surface area (Å²) in [7, 11) is 2.01. The standard InChI is InChI=1S/C17H18ClFN2O/c1-21(14-6-3-2-4-7-14)11-5-10-20-17(22)15-9-8-13(19)12-16(15)18/h2-4,6-9,12H,5,10-11H2,1H3,(H,20,22). The summed E-state index contributed by atoms with van der Waals surface area (Å²) in [6.07, 6.45) is 0.802. The highest BCUT2D eigenvalue weighted by atomic mass is 35.5. The summed E-state index contributed by atoms with van der Waals surface area (Å²) in [5.74, 6) is -0.738. The van der Waals surface area contributed by atoms with Crippen LogP contribution < -0.4 is 10.2 Å². The SMILES string of the molecule is CN(CCCNC(=O)c1ccc(F)cc1Cl)c1ccccc1. The van der Waals surface area contributed by atoms with E-state index < -0.39 is 5.82 Å². The van der Waals surface area contributed by atoms with Crippen LogP contribution in [-0.4, -0.2) is 26.0 Å². The molecule has 0 radical (unpaired) electrons. The van der Waals surface area contributed by atoms with Crippen molar-refractivity contribution in [3.05, 3.63) is 64.9 Å². The normalized spacial score (nSPS) is 10.3. The molecule has 3 nitrogen and oxygen atoms in total. The number of halogens is 2. The molecule has 2 aromatic carbocycles. The molecule has 5 heteroatoms. The number of nitrogens with one attached hydrogen (secondary N) is 1. The van der Waals surface area contributed by atoms with Gasteiger partial charge in [0.15, 0.2) is 0 Å². The first-order valence-corrected chi connectivity index (χ1v) is 7.45. The highest BCUT2D eigenvalue weighted by Crippen LogP contribution is 2.17. The molecule has 2 rings (SSSR count). The van der Waals surface area contributed by atoms with E-state index in [-0.39, 0.29) is 10.9 Å². The maximum Gasteiger partial charge on any atom is 0.252 e. The van der Waals surface area contributed by atoms with Crippen molar-refractivity contribution in [2.45, 2.75) is 6.42 Å². The Bertz CT molecular complexity index is 634. The smallest absolute Gasteiger partial charge is 0.252 e. The summed E-state index contributed by atoms with van der Waals surface area (Å²) in [5, 5.41) is 2.92. The fourth-order valence-corrected chi connectivity index (χ4v) is 2.35. The van der Waals surface area contributed by atoms with Crippen LogP contribution in [0.5, 0.6) is 0 Å². The predicted octanol–water partition coefficient (Wildman–Crippen LogP) is 3.74. The van der Waals surface area contributed by atoms with Crippen LogP contribution in [0.2, 0.25) is 5.02 Å². The van der Waals surface area contributed by atoms with Gasteiger partial charge in [-0.05, 0) is 36.8 Å². The monoisotopic (exact) mass is 320 g/mol. The van der Waals surface area contributed by atoms with Crippen molar-refractivity contribution in [1.82, 2.24) is 5.32 Å². The van der Waals surface area contributed by atoms with Crippen molar-refractivity contribution in [3.8, 4) is 0 Å². The minimum Gasteiger partial charge on any atom is -0.375 e. The van der Waals surface area contributed by atoms with Crippen molar-refractivity contribution >= 4 is 23.2 Å². The number of anilines is 1. The van der Waals surface area contributed by atoms with Crippen molar-refractivity contribution in [2.75, 3.05) is 25.0 Å². The third kappa shape index (κ3) is 4.46. The van der Waals surface area contributed by atoms with Gasteiger partial charge in [-0.2, -0.15) is 0 Å². The maximum absolute atomic E-state index is 12.9. The molecular weight excluding hydrogens is 303 g/mol. The number of hydrogen-bond acceptors (Lipinski definition) is 2. The van der Waals surface area contributed by atoms with E-state index in [0.29, 0.717) is 12.1 Å². The summed E-state index contributed by atoms with van der Waals surface area (Å²) in [6, 6.07) is 13.8. The lowest BCUT2D eigenvalue weighted by molar-refractivity contribution is 0.0953. The minimum absolute atomic E-state index is 0.124. The van der Waals surface area contributed by atoms with Crippen LogP contribution in [-0.2, 0) is 0 Å². The molecule has 0 heterocycles. The lowest BCUT2D eigenvalue weighted by Gasteiger charge is -2.19. The number of carbonyl (C=O) groups is 1. The fourth-order valence-electron chi connectivity index (χ4n) is 2.10. The molecule has 0 aliphatic heterocycles. The molecule has 1 amide bonds.